The van der Waals surface area contributed by atoms with Crippen molar-refractivity contribution >= 4 is 27.7 Å². The highest BCUT2D eigenvalue weighted by Crippen LogP contribution is 2.41. The van der Waals surface area contributed by atoms with Gasteiger partial charge in [0.1, 0.15) is 0 Å². The Labute approximate surface area is 304 Å². The highest BCUT2D eigenvalue weighted by atomic mass is 32.2. The van der Waals surface area contributed by atoms with Crippen molar-refractivity contribution in [3.63, 3.8) is 0 Å². The Hall–Kier alpha value is -2.39. The highest BCUT2D eigenvalue weighted by Gasteiger charge is 2.36. The van der Waals surface area contributed by atoms with Crippen LogP contribution in [0.3, 0.4) is 0 Å². The number of alkyl halides is 3. The van der Waals surface area contributed by atoms with Crippen molar-refractivity contribution in [2.75, 3.05) is 64.4 Å². The van der Waals surface area contributed by atoms with Crippen LogP contribution < -0.4 is 0 Å². The third-order valence-electron chi connectivity index (χ3n) is 11.6. The van der Waals surface area contributed by atoms with Gasteiger partial charge in [-0.3, -0.25) is 14.4 Å². The van der Waals surface area contributed by atoms with Gasteiger partial charge in [-0.05, 0) is 82.5 Å². The van der Waals surface area contributed by atoms with Crippen molar-refractivity contribution in [2.24, 2.45) is 5.92 Å². The summed E-state index contributed by atoms with van der Waals surface area (Å²) >= 11 is 1.24. The molecule has 1 unspecified atom stereocenters. The highest BCUT2D eigenvalue weighted by molar-refractivity contribution is 7.99. The standard InChI is InChI=1S/C37H51F3N6O3S2/c1-51(48,49)44-21-14-33-31(26-44)36(41-46(33)17-5-15-42-19-12-30(13-20-42)45-16-4-8-35(45)47)28-9-10-32(37(38,39)40)34(24-28)50-23-22-43-18-11-27-6-2-3-7-29(27)25-43/h7,9-10,24,27,30H,2-6,8,11-23,25-26H2,1H3. The van der Waals surface area contributed by atoms with E-state index in [1.807, 2.05) is 4.68 Å². The number of likely N-dealkylation sites (tertiary alicyclic amines) is 3. The van der Waals surface area contributed by atoms with E-state index in [-0.39, 0.29) is 17.3 Å². The first-order valence-corrected chi connectivity index (χ1v) is 21.6. The number of piperidine rings is 2. The summed E-state index contributed by atoms with van der Waals surface area (Å²) in [7, 11) is -3.46. The Morgan fingerprint density at radius 1 is 0.922 bits per heavy atom. The molecule has 0 bridgehead atoms. The summed E-state index contributed by atoms with van der Waals surface area (Å²) in [5, 5.41) is 4.99. The van der Waals surface area contributed by atoms with Crippen molar-refractivity contribution in [3.8, 4) is 11.3 Å². The largest absolute Gasteiger partial charge is 0.417 e. The summed E-state index contributed by atoms with van der Waals surface area (Å²) in [5.74, 6) is 1.50. The van der Waals surface area contributed by atoms with Crippen LogP contribution in [0.25, 0.3) is 11.3 Å². The number of aryl methyl sites for hydroxylation is 1. The molecule has 7 rings (SSSR count). The van der Waals surface area contributed by atoms with E-state index in [1.54, 1.807) is 6.07 Å². The molecule has 3 saturated heterocycles. The summed E-state index contributed by atoms with van der Waals surface area (Å²) in [5.41, 5.74) is 3.75. The van der Waals surface area contributed by atoms with E-state index in [1.165, 1.54) is 46.8 Å². The van der Waals surface area contributed by atoms with Gasteiger partial charge in [-0.25, -0.2) is 8.42 Å². The molecule has 0 N–H and O–H groups in total. The number of hydrogen-bond donors (Lipinski definition) is 0. The van der Waals surface area contributed by atoms with Gasteiger partial charge in [0, 0.05) is 98.7 Å². The van der Waals surface area contributed by atoms with Crippen molar-refractivity contribution in [1.29, 1.82) is 0 Å². The van der Waals surface area contributed by atoms with Gasteiger partial charge in [-0.15, -0.1) is 11.8 Å². The van der Waals surface area contributed by atoms with Crippen molar-refractivity contribution in [2.45, 2.75) is 94.4 Å². The Balaban J connectivity index is 1.06. The summed E-state index contributed by atoms with van der Waals surface area (Å²) in [6.07, 6.45) is 8.77. The number of carbonyl (C=O) groups excluding carboxylic acids is 1. The zero-order valence-corrected chi connectivity index (χ0v) is 31.3. The van der Waals surface area contributed by atoms with Crippen LogP contribution >= 0.6 is 11.8 Å². The zero-order valence-electron chi connectivity index (χ0n) is 29.7. The average molecular weight is 749 g/mol. The van der Waals surface area contributed by atoms with Gasteiger partial charge < -0.3 is 9.80 Å². The second-order valence-electron chi connectivity index (χ2n) is 15.0. The van der Waals surface area contributed by atoms with E-state index >= 15 is 0 Å². The van der Waals surface area contributed by atoms with E-state index in [2.05, 4.69) is 20.8 Å². The van der Waals surface area contributed by atoms with Crippen molar-refractivity contribution < 1.29 is 26.4 Å². The molecule has 0 spiro atoms. The molecular formula is C37H51F3N6O3S2. The van der Waals surface area contributed by atoms with E-state index in [9.17, 15) is 26.4 Å². The number of hydrogen-bond acceptors (Lipinski definition) is 7. The third kappa shape index (κ3) is 8.55. The van der Waals surface area contributed by atoms with Crippen molar-refractivity contribution in [1.82, 2.24) is 28.8 Å². The monoisotopic (exact) mass is 748 g/mol. The van der Waals surface area contributed by atoms with Crippen LogP contribution in [0.15, 0.2) is 34.7 Å². The molecule has 4 aliphatic heterocycles. The minimum Gasteiger partial charge on any atom is -0.340 e. The van der Waals surface area contributed by atoms with Crippen LogP contribution in [0.5, 0.6) is 0 Å². The van der Waals surface area contributed by atoms with Gasteiger partial charge in [0.15, 0.2) is 0 Å². The van der Waals surface area contributed by atoms with Crippen molar-refractivity contribution in [3.05, 3.63) is 46.7 Å². The van der Waals surface area contributed by atoms with Crippen LogP contribution in [0.2, 0.25) is 0 Å². The maximum Gasteiger partial charge on any atom is 0.417 e. The second-order valence-corrected chi connectivity index (χ2v) is 18.1. The number of benzene rings is 1. The first kappa shape index (κ1) is 36.9. The second kappa shape index (κ2) is 15.5. The number of aromatic nitrogens is 2. The molecule has 2 aromatic rings. The number of thioether (sulfide) groups is 1. The molecule has 1 aromatic heterocycles. The van der Waals surface area contributed by atoms with Gasteiger partial charge in [0.25, 0.3) is 0 Å². The summed E-state index contributed by atoms with van der Waals surface area (Å²) in [6, 6.07) is 4.62. The molecule has 14 heteroatoms. The number of sulfonamides is 1. The predicted octanol–water partition coefficient (Wildman–Crippen LogP) is 5.89. The lowest BCUT2D eigenvalue weighted by Gasteiger charge is -2.36. The predicted molar refractivity (Wildman–Crippen MR) is 194 cm³/mol. The van der Waals surface area contributed by atoms with Crippen LogP contribution in [0.4, 0.5) is 13.2 Å². The van der Waals surface area contributed by atoms with E-state index < -0.39 is 21.8 Å². The smallest absolute Gasteiger partial charge is 0.340 e. The normalized spacial score (nSPS) is 23.1. The molecule has 5 aliphatic rings. The van der Waals surface area contributed by atoms with E-state index in [0.717, 1.165) is 102 Å². The Morgan fingerprint density at radius 3 is 2.47 bits per heavy atom. The lowest BCUT2D eigenvalue weighted by Crippen LogP contribution is -2.45. The molecule has 1 amide bonds. The van der Waals surface area contributed by atoms with Crippen LogP contribution in [0, 0.1) is 5.92 Å². The first-order valence-electron chi connectivity index (χ1n) is 18.8. The molecule has 51 heavy (non-hydrogen) atoms. The number of carbonyl (C=O) groups is 1. The SMILES string of the molecule is CS(=O)(=O)N1CCc2c(c(-c3ccc(C(F)(F)F)c(SCCN4CCC5CCCC=C5C4)c3)nn2CCCN2CCC(N3CCCC3=O)CC2)C1. The molecule has 1 aromatic carbocycles. The molecule has 1 atom stereocenters. The van der Waals surface area contributed by atoms with Gasteiger partial charge in [-0.1, -0.05) is 17.7 Å². The van der Waals surface area contributed by atoms with Gasteiger partial charge in [0.05, 0.1) is 17.5 Å². The maximum absolute atomic E-state index is 14.3. The minimum atomic E-state index is -4.49. The molecule has 280 valence electrons. The minimum absolute atomic E-state index is 0.154. The fourth-order valence-corrected chi connectivity index (χ4v) is 10.7. The van der Waals surface area contributed by atoms with Crippen LogP contribution in [-0.2, 0) is 40.5 Å². The number of rotatable bonds is 11. The summed E-state index contributed by atoms with van der Waals surface area (Å²) in [6.45, 7) is 7.41. The molecule has 5 heterocycles. The van der Waals surface area contributed by atoms with E-state index in [4.69, 9.17) is 5.10 Å². The number of amides is 1. The van der Waals surface area contributed by atoms with Crippen LogP contribution in [-0.4, -0.2) is 114 Å². The molecule has 9 nitrogen and oxygen atoms in total. The zero-order chi connectivity index (χ0) is 35.8. The number of halogens is 3. The molecule has 1 aliphatic carbocycles. The lowest BCUT2D eigenvalue weighted by molar-refractivity contribution is -0.139. The summed E-state index contributed by atoms with van der Waals surface area (Å²) < 4.78 is 71.4. The van der Waals surface area contributed by atoms with Gasteiger partial charge in [-0.2, -0.15) is 22.6 Å². The fraction of sp³-hybridized carbons (Fsp3) is 0.676. The molecular weight excluding hydrogens is 698 g/mol. The van der Waals surface area contributed by atoms with Crippen LogP contribution in [0.1, 0.15) is 74.6 Å². The Bertz CT molecular complexity index is 1720. The molecule has 3 fully saturated rings. The number of nitrogens with zero attached hydrogens (tertiary/aromatic N) is 6. The molecule has 0 saturated carbocycles. The first-order chi connectivity index (χ1) is 24.4. The number of fused-ring (bicyclic) bond motifs is 2. The van der Waals surface area contributed by atoms with Gasteiger partial charge >= 0.3 is 6.18 Å². The maximum atomic E-state index is 14.3. The lowest BCUT2D eigenvalue weighted by atomic mass is 9.82. The van der Waals surface area contributed by atoms with E-state index in [0.29, 0.717) is 54.9 Å². The average Bonchev–Trinajstić information content (AvgIpc) is 3.70. The molecule has 0 radical (unpaired) electrons. The topological polar surface area (TPSA) is 82.0 Å². The quantitative estimate of drug-likeness (QED) is 0.210. The third-order valence-corrected chi connectivity index (χ3v) is 13.9. The Morgan fingerprint density at radius 2 is 1.73 bits per heavy atom. The van der Waals surface area contributed by atoms with Gasteiger partial charge in [0.2, 0.25) is 15.9 Å². The number of allylic oxidation sites excluding steroid dienone is 1. The Kier molecular flexibility index (Phi) is 11.3. The summed E-state index contributed by atoms with van der Waals surface area (Å²) in [4.78, 5) is 19.3. The fourth-order valence-electron chi connectivity index (χ4n) is 8.82.